The summed E-state index contributed by atoms with van der Waals surface area (Å²) in [5.74, 6) is -16.6. The lowest BCUT2D eigenvalue weighted by Gasteiger charge is -2.26. The maximum atomic E-state index is 13.6. The number of fused-ring (bicyclic) bond motifs is 1. The van der Waals surface area contributed by atoms with Crippen LogP contribution < -0.4 is 5.32 Å². The Bertz CT molecular complexity index is 908. The van der Waals surface area contributed by atoms with Gasteiger partial charge in [-0.2, -0.15) is 30.7 Å². The Balaban J connectivity index is 2.42. The molecule has 0 aliphatic heterocycles. The van der Waals surface area contributed by atoms with Crippen molar-refractivity contribution in [3.05, 3.63) is 29.8 Å². The number of thiophene rings is 1. The van der Waals surface area contributed by atoms with Gasteiger partial charge in [0, 0.05) is 10.1 Å². The summed E-state index contributed by atoms with van der Waals surface area (Å²) in [5.41, 5.74) is -0.402. The largest absolute Gasteiger partial charge is 0.462 e. The molecule has 1 aromatic carbocycles. The van der Waals surface area contributed by atoms with Gasteiger partial charge in [0.05, 0.1) is 6.61 Å². The molecule has 0 saturated carbocycles. The quantitative estimate of drug-likeness (QED) is 0.342. The Labute approximate surface area is 163 Å². The number of amides is 1. The molecule has 160 valence electrons. The van der Waals surface area contributed by atoms with Crippen LogP contribution in [0.5, 0.6) is 0 Å². The molecule has 0 unspecified atom stereocenters. The van der Waals surface area contributed by atoms with E-state index in [1.165, 1.54) is 29.6 Å². The monoisotopic (exact) mass is 445 g/mol. The van der Waals surface area contributed by atoms with Gasteiger partial charge in [0.25, 0.3) is 0 Å². The molecule has 0 spiro atoms. The van der Waals surface area contributed by atoms with Crippen molar-refractivity contribution in [2.24, 2.45) is 0 Å². The summed E-state index contributed by atoms with van der Waals surface area (Å²) in [7, 11) is 0. The average molecular weight is 445 g/mol. The first-order valence-electron chi connectivity index (χ1n) is 8.17. The van der Waals surface area contributed by atoms with E-state index in [1.54, 1.807) is 0 Å². The van der Waals surface area contributed by atoms with E-state index in [4.69, 9.17) is 4.74 Å². The summed E-state index contributed by atoms with van der Waals surface area (Å²) in [6.07, 6.45) is -5.51. The van der Waals surface area contributed by atoms with E-state index in [1.807, 2.05) is 6.92 Å². The highest BCUT2D eigenvalue weighted by Crippen LogP contribution is 2.47. The standard InChI is InChI=1S/C17H14F7NO3S/c1-2-3-8-28-13(26)11-9-6-4-5-7-10(9)29-12(11)25-14(27)15(18,19)16(20,21)17(22,23)24/h4-7H,2-3,8H2,1H3,(H,25,27). The lowest BCUT2D eigenvalue weighted by molar-refractivity contribution is -0.343. The molecule has 0 aliphatic rings. The number of benzene rings is 1. The number of halogens is 7. The summed E-state index contributed by atoms with van der Waals surface area (Å²) in [6.45, 7) is 1.78. The van der Waals surface area contributed by atoms with Crippen molar-refractivity contribution in [1.82, 2.24) is 0 Å². The zero-order chi connectivity index (χ0) is 22.0. The van der Waals surface area contributed by atoms with Crippen molar-refractivity contribution in [2.75, 3.05) is 11.9 Å². The van der Waals surface area contributed by atoms with Crippen LogP contribution in [0, 0.1) is 0 Å². The van der Waals surface area contributed by atoms with Crippen molar-refractivity contribution in [3.63, 3.8) is 0 Å². The number of carbonyl (C=O) groups excluding carboxylic acids is 2. The second-order valence-corrected chi connectivity index (χ2v) is 6.94. The lowest BCUT2D eigenvalue weighted by atomic mass is 10.1. The Kier molecular flexibility index (Phi) is 6.45. The fourth-order valence-electron chi connectivity index (χ4n) is 2.22. The molecule has 0 bridgehead atoms. The zero-order valence-corrected chi connectivity index (χ0v) is 15.5. The van der Waals surface area contributed by atoms with Crippen LogP contribution in [-0.4, -0.2) is 36.5 Å². The molecule has 2 aromatic rings. The molecule has 4 nitrogen and oxygen atoms in total. The van der Waals surface area contributed by atoms with Crippen molar-refractivity contribution >= 4 is 38.3 Å². The van der Waals surface area contributed by atoms with E-state index in [2.05, 4.69) is 0 Å². The predicted molar refractivity (Wildman–Crippen MR) is 91.6 cm³/mol. The predicted octanol–water partition coefficient (Wildman–Crippen LogP) is 5.63. The highest BCUT2D eigenvalue weighted by Gasteiger charge is 2.76. The van der Waals surface area contributed by atoms with Crippen LogP contribution in [-0.2, 0) is 9.53 Å². The number of hydrogen-bond acceptors (Lipinski definition) is 4. The van der Waals surface area contributed by atoms with Gasteiger partial charge in [-0.05, 0) is 12.5 Å². The molecule has 0 atom stereocenters. The van der Waals surface area contributed by atoms with Gasteiger partial charge < -0.3 is 10.1 Å². The number of hydrogen-bond donors (Lipinski definition) is 1. The summed E-state index contributed by atoms with van der Waals surface area (Å²) in [4.78, 5) is 24.0. The lowest BCUT2D eigenvalue weighted by Crippen LogP contribution is -2.57. The van der Waals surface area contributed by atoms with Crippen LogP contribution in [0.1, 0.15) is 30.1 Å². The number of rotatable bonds is 7. The van der Waals surface area contributed by atoms with Crippen molar-refractivity contribution < 1.29 is 45.1 Å². The second-order valence-electron chi connectivity index (χ2n) is 5.89. The molecular weight excluding hydrogens is 431 g/mol. The number of ether oxygens (including phenoxy) is 1. The summed E-state index contributed by atoms with van der Waals surface area (Å²) in [5, 5.41) is 0.890. The summed E-state index contributed by atoms with van der Waals surface area (Å²) < 4.78 is 95.6. The number of carbonyl (C=O) groups is 2. The number of esters is 1. The van der Waals surface area contributed by atoms with Gasteiger partial charge in [0.2, 0.25) is 0 Å². The molecule has 1 heterocycles. The molecule has 1 N–H and O–H groups in total. The summed E-state index contributed by atoms with van der Waals surface area (Å²) >= 11 is 0.562. The van der Waals surface area contributed by atoms with Gasteiger partial charge in [-0.25, -0.2) is 4.79 Å². The topological polar surface area (TPSA) is 55.4 Å². The van der Waals surface area contributed by atoms with Crippen LogP contribution >= 0.6 is 11.3 Å². The molecular formula is C17H14F7NO3S. The highest BCUT2D eigenvalue weighted by molar-refractivity contribution is 7.23. The van der Waals surface area contributed by atoms with E-state index < -0.39 is 40.5 Å². The minimum atomic E-state index is -6.66. The molecule has 1 amide bonds. The Morgan fingerprint density at radius 3 is 2.28 bits per heavy atom. The first-order chi connectivity index (χ1) is 13.3. The number of nitrogens with one attached hydrogen (secondary N) is 1. The maximum absolute atomic E-state index is 13.6. The highest BCUT2D eigenvalue weighted by atomic mass is 32.1. The third kappa shape index (κ3) is 4.31. The third-order valence-electron chi connectivity index (χ3n) is 3.79. The molecule has 2 rings (SSSR count). The van der Waals surface area contributed by atoms with Crippen LogP contribution in [0.15, 0.2) is 24.3 Å². The van der Waals surface area contributed by atoms with Crippen LogP contribution in [0.4, 0.5) is 35.7 Å². The molecule has 12 heteroatoms. The van der Waals surface area contributed by atoms with E-state index >= 15 is 0 Å². The first-order valence-corrected chi connectivity index (χ1v) is 8.98. The first kappa shape index (κ1) is 22.9. The molecule has 29 heavy (non-hydrogen) atoms. The molecule has 0 aliphatic carbocycles. The molecule has 1 aromatic heterocycles. The molecule has 0 radical (unpaired) electrons. The Hall–Kier alpha value is -2.37. The number of unbranched alkanes of at least 4 members (excludes halogenated alkanes) is 1. The second kappa shape index (κ2) is 8.17. The van der Waals surface area contributed by atoms with Gasteiger partial charge in [-0.3, -0.25) is 4.79 Å². The SMILES string of the molecule is CCCCOC(=O)c1c(NC(=O)C(F)(F)C(F)(F)C(F)(F)F)sc2ccccc12. The smallest absolute Gasteiger partial charge is 0.460 e. The van der Waals surface area contributed by atoms with E-state index in [0.29, 0.717) is 28.9 Å². The van der Waals surface area contributed by atoms with Crippen LogP contribution in [0.25, 0.3) is 10.1 Å². The van der Waals surface area contributed by atoms with E-state index in [9.17, 15) is 40.3 Å². The summed E-state index contributed by atoms with van der Waals surface area (Å²) in [6, 6.07) is 5.83. The number of anilines is 1. The maximum Gasteiger partial charge on any atom is 0.460 e. The minimum Gasteiger partial charge on any atom is -0.462 e. The fraction of sp³-hybridized carbons (Fsp3) is 0.412. The van der Waals surface area contributed by atoms with Crippen molar-refractivity contribution in [2.45, 2.75) is 37.8 Å². The third-order valence-corrected chi connectivity index (χ3v) is 4.88. The minimum absolute atomic E-state index is 0.0325. The zero-order valence-electron chi connectivity index (χ0n) is 14.7. The van der Waals surface area contributed by atoms with Crippen molar-refractivity contribution in [3.8, 4) is 0 Å². The van der Waals surface area contributed by atoms with Gasteiger partial charge in [0.15, 0.2) is 0 Å². The van der Waals surface area contributed by atoms with Gasteiger partial charge in [-0.15, -0.1) is 11.3 Å². The van der Waals surface area contributed by atoms with Gasteiger partial charge >= 0.3 is 29.9 Å². The fourth-order valence-corrected chi connectivity index (χ4v) is 3.31. The van der Waals surface area contributed by atoms with Gasteiger partial charge in [-0.1, -0.05) is 31.5 Å². The van der Waals surface area contributed by atoms with E-state index in [-0.39, 0.29) is 12.0 Å². The molecule has 0 saturated heterocycles. The Morgan fingerprint density at radius 2 is 1.69 bits per heavy atom. The van der Waals surface area contributed by atoms with Crippen LogP contribution in [0.2, 0.25) is 0 Å². The van der Waals surface area contributed by atoms with Crippen LogP contribution in [0.3, 0.4) is 0 Å². The van der Waals surface area contributed by atoms with E-state index in [0.717, 1.165) is 0 Å². The van der Waals surface area contributed by atoms with Crippen molar-refractivity contribution in [1.29, 1.82) is 0 Å². The Morgan fingerprint density at radius 1 is 1.07 bits per heavy atom. The number of alkyl halides is 7. The van der Waals surface area contributed by atoms with Gasteiger partial charge in [0.1, 0.15) is 10.6 Å². The average Bonchev–Trinajstić information content (AvgIpc) is 2.98. The normalized spacial score (nSPS) is 12.8. The molecule has 0 fully saturated rings.